The van der Waals surface area contributed by atoms with E-state index in [1.54, 1.807) is 24.5 Å². The van der Waals surface area contributed by atoms with Crippen molar-refractivity contribution < 1.29 is 4.79 Å². The molecule has 100 valence electrons. The Morgan fingerprint density at radius 1 is 1.25 bits per heavy atom. The maximum absolute atomic E-state index is 12.0. The molecule has 2 N–H and O–H groups in total. The van der Waals surface area contributed by atoms with Crippen LogP contribution >= 0.6 is 0 Å². The molecule has 4 heteroatoms. The number of nitrogens with zero attached hydrogens (tertiary/aromatic N) is 1. The highest BCUT2D eigenvalue weighted by Crippen LogP contribution is 2.21. The van der Waals surface area contributed by atoms with Gasteiger partial charge in [0.05, 0.1) is 5.56 Å². The molecule has 0 radical (unpaired) electrons. The van der Waals surface area contributed by atoms with Crippen LogP contribution in [0.15, 0.2) is 48.8 Å². The second-order valence-electron chi connectivity index (χ2n) is 4.70. The number of H-pyrrole nitrogens is 1. The van der Waals surface area contributed by atoms with E-state index in [0.717, 1.165) is 22.2 Å². The molecule has 0 spiro atoms. The highest BCUT2D eigenvalue weighted by atomic mass is 16.1. The largest absolute Gasteiger partial charge is 0.358 e. The van der Waals surface area contributed by atoms with E-state index < -0.39 is 0 Å². The van der Waals surface area contributed by atoms with Gasteiger partial charge in [0.15, 0.2) is 0 Å². The van der Waals surface area contributed by atoms with Gasteiger partial charge >= 0.3 is 0 Å². The number of rotatable bonds is 3. The first-order chi connectivity index (χ1) is 9.75. The van der Waals surface area contributed by atoms with Crippen molar-refractivity contribution in [3.8, 4) is 0 Å². The van der Waals surface area contributed by atoms with Gasteiger partial charge in [0.1, 0.15) is 0 Å². The fraction of sp³-hybridized carbons (Fsp3) is 0.125. The third kappa shape index (κ3) is 2.28. The predicted octanol–water partition coefficient (Wildman–Crippen LogP) is 2.80. The van der Waals surface area contributed by atoms with E-state index >= 15 is 0 Å². The van der Waals surface area contributed by atoms with Crippen LogP contribution in [0.2, 0.25) is 0 Å². The van der Waals surface area contributed by atoms with Gasteiger partial charge in [0.25, 0.3) is 5.91 Å². The number of benzene rings is 1. The summed E-state index contributed by atoms with van der Waals surface area (Å²) in [7, 11) is 0. The second kappa shape index (κ2) is 5.17. The number of nitrogens with one attached hydrogen (secondary N) is 2. The molecule has 1 aromatic carbocycles. The van der Waals surface area contributed by atoms with Crippen molar-refractivity contribution in [3.05, 3.63) is 65.6 Å². The van der Waals surface area contributed by atoms with E-state index in [-0.39, 0.29) is 5.91 Å². The number of hydrogen-bond donors (Lipinski definition) is 2. The molecule has 1 amide bonds. The third-order valence-corrected chi connectivity index (χ3v) is 3.38. The van der Waals surface area contributed by atoms with Gasteiger partial charge in [-0.05, 0) is 30.7 Å². The summed E-state index contributed by atoms with van der Waals surface area (Å²) in [6.45, 7) is 2.52. The fourth-order valence-electron chi connectivity index (χ4n) is 2.33. The highest BCUT2D eigenvalue weighted by Gasteiger charge is 2.10. The number of carbonyl (C=O) groups excluding carboxylic acids is 1. The molecule has 0 atom stereocenters. The lowest BCUT2D eigenvalue weighted by Gasteiger charge is -2.05. The molecule has 4 nitrogen and oxygen atoms in total. The lowest BCUT2D eigenvalue weighted by Crippen LogP contribution is -2.23. The topological polar surface area (TPSA) is 57.8 Å². The number of carbonyl (C=O) groups is 1. The van der Waals surface area contributed by atoms with Crippen LogP contribution in [0.25, 0.3) is 10.9 Å². The van der Waals surface area contributed by atoms with Crippen molar-refractivity contribution in [2.75, 3.05) is 0 Å². The molecule has 20 heavy (non-hydrogen) atoms. The SMILES string of the molecule is Cc1[nH]c2ccccc2c1CNC(=O)c1cccnc1. The van der Waals surface area contributed by atoms with E-state index in [4.69, 9.17) is 0 Å². The standard InChI is InChI=1S/C16H15N3O/c1-11-14(13-6-2-3-7-15(13)19-11)10-18-16(20)12-5-4-8-17-9-12/h2-9,19H,10H2,1H3,(H,18,20). The predicted molar refractivity (Wildman–Crippen MR) is 78.4 cm³/mol. The van der Waals surface area contributed by atoms with Gasteiger partial charge in [-0.1, -0.05) is 18.2 Å². The van der Waals surface area contributed by atoms with Crippen LogP contribution in [0.3, 0.4) is 0 Å². The van der Waals surface area contributed by atoms with Crippen LogP contribution in [0.1, 0.15) is 21.6 Å². The average Bonchev–Trinajstić information content (AvgIpc) is 2.81. The Bertz CT molecular complexity index is 747. The Morgan fingerprint density at radius 2 is 2.10 bits per heavy atom. The Balaban J connectivity index is 1.81. The Hall–Kier alpha value is -2.62. The van der Waals surface area contributed by atoms with Crippen LogP contribution in [-0.2, 0) is 6.54 Å². The van der Waals surface area contributed by atoms with E-state index in [1.165, 1.54) is 0 Å². The maximum atomic E-state index is 12.0. The summed E-state index contributed by atoms with van der Waals surface area (Å²) in [5.74, 6) is -0.109. The summed E-state index contributed by atoms with van der Waals surface area (Å²) in [5.41, 5.74) is 3.87. The summed E-state index contributed by atoms with van der Waals surface area (Å²) >= 11 is 0. The zero-order valence-electron chi connectivity index (χ0n) is 11.2. The van der Waals surface area contributed by atoms with Crippen molar-refractivity contribution in [1.29, 1.82) is 0 Å². The smallest absolute Gasteiger partial charge is 0.253 e. The summed E-state index contributed by atoms with van der Waals surface area (Å²) in [4.78, 5) is 19.3. The molecule has 2 heterocycles. The van der Waals surface area contributed by atoms with E-state index in [1.807, 2.05) is 25.1 Å². The van der Waals surface area contributed by atoms with Crippen LogP contribution < -0.4 is 5.32 Å². The molecule has 0 aliphatic carbocycles. The van der Waals surface area contributed by atoms with Crippen LogP contribution in [-0.4, -0.2) is 15.9 Å². The lowest BCUT2D eigenvalue weighted by molar-refractivity contribution is 0.0950. The van der Waals surface area contributed by atoms with Gasteiger partial charge in [-0.3, -0.25) is 9.78 Å². The quantitative estimate of drug-likeness (QED) is 0.765. The first kappa shape index (κ1) is 12.4. The first-order valence-electron chi connectivity index (χ1n) is 6.50. The number of hydrogen-bond acceptors (Lipinski definition) is 2. The Morgan fingerprint density at radius 3 is 2.90 bits per heavy atom. The number of para-hydroxylation sites is 1. The minimum absolute atomic E-state index is 0.109. The van der Waals surface area contributed by atoms with Crippen molar-refractivity contribution in [2.24, 2.45) is 0 Å². The average molecular weight is 265 g/mol. The zero-order valence-corrected chi connectivity index (χ0v) is 11.2. The summed E-state index contributed by atoms with van der Waals surface area (Å²) in [6, 6.07) is 11.6. The van der Waals surface area contributed by atoms with Gasteiger partial charge in [-0.15, -0.1) is 0 Å². The normalized spacial score (nSPS) is 10.7. The van der Waals surface area contributed by atoms with Crippen molar-refractivity contribution >= 4 is 16.8 Å². The van der Waals surface area contributed by atoms with E-state index in [9.17, 15) is 4.79 Å². The maximum Gasteiger partial charge on any atom is 0.253 e. The molecular weight excluding hydrogens is 250 g/mol. The fourth-order valence-corrected chi connectivity index (χ4v) is 2.33. The molecule has 0 bridgehead atoms. The third-order valence-electron chi connectivity index (χ3n) is 3.38. The van der Waals surface area contributed by atoms with Crippen molar-refractivity contribution in [1.82, 2.24) is 15.3 Å². The van der Waals surface area contributed by atoms with Crippen molar-refractivity contribution in [3.63, 3.8) is 0 Å². The molecule has 3 aromatic rings. The van der Waals surface area contributed by atoms with E-state index in [0.29, 0.717) is 12.1 Å². The summed E-state index contributed by atoms with van der Waals surface area (Å²) in [6.07, 6.45) is 3.22. The minimum Gasteiger partial charge on any atom is -0.358 e. The Labute approximate surface area is 116 Å². The number of aromatic amines is 1. The Kier molecular flexibility index (Phi) is 3.21. The zero-order chi connectivity index (χ0) is 13.9. The molecule has 2 aromatic heterocycles. The molecular formula is C16H15N3O. The van der Waals surface area contributed by atoms with Gasteiger partial charge in [0.2, 0.25) is 0 Å². The number of amides is 1. The van der Waals surface area contributed by atoms with Crippen LogP contribution in [0.5, 0.6) is 0 Å². The summed E-state index contributed by atoms with van der Waals surface area (Å²) in [5, 5.41) is 4.08. The second-order valence-corrected chi connectivity index (χ2v) is 4.70. The number of aromatic nitrogens is 2. The molecule has 0 fully saturated rings. The highest BCUT2D eigenvalue weighted by molar-refractivity contribution is 5.94. The van der Waals surface area contributed by atoms with Gasteiger partial charge in [0, 0.05) is 35.5 Å². The molecule has 0 saturated carbocycles. The van der Waals surface area contributed by atoms with Crippen molar-refractivity contribution in [2.45, 2.75) is 13.5 Å². The van der Waals surface area contributed by atoms with Gasteiger partial charge < -0.3 is 10.3 Å². The van der Waals surface area contributed by atoms with Crippen LogP contribution in [0, 0.1) is 6.92 Å². The molecule has 0 aliphatic heterocycles. The monoisotopic (exact) mass is 265 g/mol. The van der Waals surface area contributed by atoms with E-state index in [2.05, 4.69) is 21.4 Å². The molecule has 0 saturated heterocycles. The summed E-state index contributed by atoms with van der Waals surface area (Å²) < 4.78 is 0. The minimum atomic E-state index is -0.109. The number of fused-ring (bicyclic) bond motifs is 1. The molecule has 3 rings (SSSR count). The van der Waals surface area contributed by atoms with Crippen LogP contribution in [0.4, 0.5) is 0 Å². The number of pyridine rings is 1. The van der Waals surface area contributed by atoms with Gasteiger partial charge in [-0.2, -0.15) is 0 Å². The molecule has 0 aliphatic rings. The van der Waals surface area contributed by atoms with Gasteiger partial charge in [-0.25, -0.2) is 0 Å². The first-order valence-corrected chi connectivity index (χ1v) is 6.50. The lowest BCUT2D eigenvalue weighted by atomic mass is 10.1. The molecule has 0 unspecified atom stereocenters. The number of aryl methyl sites for hydroxylation is 1.